The van der Waals surface area contributed by atoms with Crippen molar-refractivity contribution >= 4 is 36.7 Å². The second-order valence-corrected chi connectivity index (χ2v) is 5.78. The molecule has 0 spiro atoms. The van der Waals surface area contributed by atoms with E-state index in [9.17, 15) is 9.59 Å². The molecule has 1 amide bonds. The van der Waals surface area contributed by atoms with E-state index < -0.39 is 12.0 Å². The van der Waals surface area contributed by atoms with Gasteiger partial charge in [-0.25, -0.2) is 4.79 Å². The van der Waals surface area contributed by atoms with Gasteiger partial charge in [-0.15, -0.1) is 24.8 Å². The van der Waals surface area contributed by atoms with Gasteiger partial charge in [0, 0.05) is 31.9 Å². The monoisotopic (exact) mass is 386 g/mol. The number of amides is 1. The molecule has 0 radical (unpaired) electrons. The van der Waals surface area contributed by atoms with Crippen LogP contribution < -0.4 is 5.32 Å². The van der Waals surface area contributed by atoms with Gasteiger partial charge in [0.2, 0.25) is 5.91 Å². The van der Waals surface area contributed by atoms with Crippen LogP contribution in [0.25, 0.3) is 0 Å². The fourth-order valence-electron chi connectivity index (χ4n) is 3.05. The first-order chi connectivity index (χ1) is 11.2. The molecule has 0 aliphatic carbocycles. The molecule has 1 N–H and O–H groups in total. The number of nitrogens with zero attached hydrogens (tertiary/aromatic N) is 3. The maximum absolute atomic E-state index is 12.5. The molecule has 1 unspecified atom stereocenters. The number of likely N-dealkylation sites (tertiary alicyclic amines) is 1. The lowest BCUT2D eigenvalue weighted by molar-refractivity contribution is -0.133. The highest BCUT2D eigenvalue weighted by molar-refractivity contribution is 5.89. The Kier molecular flexibility index (Phi) is 8.10. The molecule has 3 atom stereocenters. The Bertz CT molecular complexity index is 638. The molecule has 25 heavy (non-hydrogen) atoms. The van der Waals surface area contributed by atoms with Gasteiger partial charge in [0.15, 0.2) is 0 Å². The van der Waals surface area contributed by atoms with Crippen molar-refractivity contribution < 1.29 is 14.3 Å². The number of nitrogens with one attached hydrogen (secondary N) is 1. The molecule has 2 saturated heterocycles. The average molecular weight is 387 g/mol. The third-order valence-electron chi connectivity index (χ3n) is 4.24. The molecule has 2 aliphatic heterocycles. The zero-order valence-electron chi connectivity index (χ0n) is 13.5. The van der Waals surface area contributed by atoms with Crippen molar-refractivity contribution in [1.82, 2.24) is 15.2 Å². The number of halogens is 2. The largest absolute Gasteiger partial charge is 0.457 e. The van der Waals surface area contributed by atoms with Crippen LogP contribution in [0.2, 0.25) is 0 Å². The Morgan fingerprint density at radius 3 is 2.88 bits per heavy atom. The van der Waals surface area contributed by atoms with Gasteiger partial charge in [0.25, 0.3) is 0 Å². The first-order valence-corrected chi connectivity index (χ1v) is 7.73. The average Bonchev–Trinajstić information content (AvgIpc) is 3.24. The number of hydrogen-bond donors (Lipinski definition) is 1. The Hall–Kier alpha value is -1.88. The van der Waals surface area contributed by atoms with Crippen molar-refractivity contribution in [2.24, 2.45) is 0 Å². The third kappa shape index (κ3) is 4.82. The summed E-state index contributed by atoms with van der Waals surface area (Å²) >= 11 is 0. The summed E-state index contributed by atoms with van der Waals surface area (Å²) in [5.74, 6) is -0.511. The quantitative estimate of drug-likeness (QED) is 0.787. The van der Waals surface area contributed by atoms with Gasteiger partial charge in [-0.3, -0.25) is 9.78 Å². The van der Waals surface area contributed by atoms with Crippen molar-refractivity contribution in [3.05, 3.63) is 30.1 Å². The number of hydrogen-bond acceptors (Lipinski definition) is 6. The number of nitriles is 1. The van der Waals surface area contributed by atoms with E-state index in [2.05, 4.69) is 16.4 Å². The number of pyridine rings is 1. The van der Waals surface area contributed by atoms with Crippen LogP contribution >= 0.6 is 24.8 Å². The summed E-state index contributed by atoms with van der Waals surface area (Å²) < 4.78 is 5.42. The second kappa shape index (κ2) is 9.56. The van der Waals surface area contributed by atoms with Crippen LogP contribution in [0.4, 0.5) is 0 Å². The van der Waals surface area contributed by atoms with Crippen LogP contribution in [0.5, 0.6) is 0 Å². The maximum Gasteiger partial charge on any atom is 0.340 e. The molecule has 1 aromatic heterocycles. The van der Waals surface area contributed by atoms with Crippen molar-refractivity contribution in [1.29, 1.82) is 5.26 Å². The van der Waals surface area contributed by atoms with Gasteiger partial charge >= 0.3 is 5.97 Å². The second-order valence-electron chi connectivity index (χ2n) is 5.78. The molecule has 136 valence electrons. The number of ether oxygens (including phenoxy) is 1. The van der Waals surface area contributed by atoms with E-state index >= 15 is 0 Å². The molecular formula is C16H20Cl2N4O3. The molecule has 3 rings (SSSR count). The summed E-state index contributed by atoms with van der Waals surface area (Å²) in [6, 6.07) is 4.76. The zero-order valence-corrected chi connectivity index (χ0v) is 15.1. The van der Waals surface area contributed by atoms with Gasteiger partial charge in [0.05, 0.1) is 17.7 Å². The van der Waals surface area contributed by atoms with E-state index in [1.165, 1.54) is 6.20 Å². The summed E-state index contributed by atoms with van der Waals surface area (Å²) in [6.07, 6.45) is 4.71. The molecule has 7 nitrogen and oxygen atoms in total. The Morgan fingerprint density at radius 2 is 2.20 bits per heavy atom. The van der Waals surface area contributed by atoms with E-state index in [-0.39, 0.29) is 42.9 Å². The summed E-state index contributed by atoms with van der Waals surface area (Å²) in [6.45, 7) is 1.06. The maximum atomic E-state index is 12.5. The van der Waals surface area contributed by atoms with Gasteiger partial charge in [-0.1, -0.05) is 0 Å². The van der Waals surface area contributed by atoms with Gasteiger partial charge in [0.1, 0.15) is 12.1 Å². The van der Waals surface area contributed by atoms with Crippen LogP contribution in [0.1, 0.15) is 29.6 Å². The van der Waals surface area contributed by atoms with Gasteiger partial charge in [-0.05, 0) is 25.0 Å². The van der Waals surface area contributed by atoms with E-state index in [4.69, 9.17) is 10.00 Å². The van der Waals surface area contributed by atoms with Crippen molar-refractivity contribution in [3.63, 3.8) is 0 Å². The Balaban J connectivity index is 0.00000156. The number of aromatic nitrogens is 1. The van der Waals surface area contributed by atoms with Crippen LogP contribution in [0, 0.1) is 11.3 Å². The molecule has 2 fully saturated rings. The molecule has 0 aromatic carbocycles. The minimum absolute atomic E-state index is 0. The van der Waals surface area contributed by atoms with Crippen molar-refractivity contribution in [2.45, 2.75) is 37.5 Å². The lowest BCUT2D eigenvalue weighted by atomic mass is 10.1. The zero-order chi connectivity index (χ0) is 16.2. The smallest absolute Gasteiger partial charge is 0.340 e. The highest BCUT2D eigenvalue weighted by Crippen LogP contribution is 2.21. The van der Waals surface area contributed by atoms with E-state index in [1.54, 1.807) is 23.2 Å². The van der Waals surface area contributed by atoms with E-state index in [0.717, 1.165) is 12.8 Å². The predicted octanol–water partition coefficient (Wildman–Crippen LogP) is 1.33. The van der Waals surface area contributed by atoms with Crippen LogP contribution in [-0.2, 0) is 9.53 Å². The fourth-order valence-corrected chi connectivity index (χ4v) is 3.05. The molecule has 1 aromatic rings. The van der Waals surface area contributed by atoms with Gasteiger partial charge < -0.3 is 15.0 Å². The normalized spacial score (nSPS) is 24.6. The van der Waals surface area contributed by atoms with Crippen LogP contribution in [0.15, 0.2) is 24.5 Å². The number of esters is 1. The molecule has 0 saturated carbocycles. The summed E-state index contributed by atoms with van der Waals surface area (Å²) in [5.41, 5.74) is 0.395. The van der Waals surface area contributed by atoms with Crippen LogP contribution in [-0.4, -0.2) is 53.0 Å². The van der Waals surface area contributed by atoms with Crippen molar-refractivity contribution in [3.8, 4) is 6.07 Å². The number of carbonyl (C=O) groups excluding carboxylic acids is 2. The molecule has 3 heterocycles. The Labute approximate surface area is 158 Å². The van der Waals surface area contributed by atoms with Crippen molar-refractivity contribution in [2.75, 3.05) is 13.1 Å². The highest BCUT2D eigenvalue weighted by atomic mass is 35.5. The molecular weight excluding hydrogens is 367 g/mol. The lowest BCUT2D eigenvalue weighted by Crippen LogP contribution is -2.45. The summed E-state index contributed by atoms with van der Waals surface area (Å²) in [5, 5.41) is 12.2. The lowest BCUT2D eigenvalue weighted by Gasteiger charge is -2.23. The number of rotatable bonds is 3. The third-order valence-corrected chi connectivity index (χ3v) is 4.24. The molecule has 9 heteroatoms. The first kappa shape index (κ1) is 21.2. The SMILES string of the molecule is Cl.Cl.N#CC1CCCN1C(=O)[C@@H]1C[C@H](OC(=O)c2cccnc2)CN1. The van der Waals surface area contributed by atoms with Crippen LogP contribution in [0.3, 0.4) is 0 Å². The Morgan fingerprint density at radius 1 is 1.40 bits per heavy atom. The minimum Gasteiger partial charge on any atom is -0.457 e. The van der Waals surface area contributed by atoms with Gasteiger partial charge in [-0.2, -0.15) is 5.26 Å². The van der Waals surface area contributed by atoms with E-state index in [0.29, 0.717) is 25.1 Å². The minimum atomic E-state index is -0.436. The standard InChI is InChI=1S/C16H18N4O3.2ClH/c17-8-12-4-2-6-20(12)15(21)14-7-13(10-19-14)23-16(22)11-3-1-5-18-9-11;;/h1,3,5,9,12-14,19H,2,4,6-7,10H2;2*1H/t12?,13-,14-;;/m0../s1. The number of carbonyl (C=O) groups is 2. The summed E-state index contributed by atoms with van der Waals surface area (Å²) in [4.78, 5) is 30.0. The predicted molar refractivity (Wildman–Crippen MR) is 94.7 cm³/mol. The highest BCUT2D eigenvalue weighted by Gasteiger charge is 2.38. The molecule has 0 bridgehead atoms. The first-order valence-electron chi connectivity index (χ1n) is 7.73. The summed E-state index contributed by atoms with van der Waals surface area (Å²) in [7, 11) is 0. The molecule has 2 aliphatic rings. The fraction of sp³-hybridized carbons (Fsp3) is 0.500. The topological polar surface area (TPSA) is 95.3 Å². The van der Waals surface area contributed by atoms with E-state index in [1.807, 2.05) is 0 Å².